The molecule has 0 aliphatic carbocycles. The van der Waals surface area contributed by atoms with Crippen LogP contribution < -0.4 is 10.6 Å². The van der Waals surface area contributed by atoms with Gasteiger partial charge in [0, 0.05) is 31.2 Å². The SMILES string of the molecule is Cc1c(C(=O)NCC2CNC2)cnn1Cc1ccccc1. The van der Waals surface area contributed by atoms with Gasteiger partial charge in [-0.1, -0.05) is 30.3 Å². The Morgan fingerprint density at radius 2 is 2.14 bits per heavy atom. The molecule has 0 radical (unpaired) electrons. The van der Waals surface area contributed by atoms with Crippen LogP contribution in [0.2, 0.25) is 0 Å². The molecule has 3 rings (SSSR count). The van der Waals surface area contributed by atoms with Gasteiger partial charge >= 0.3 is 0 Å². The van der Waals surface area contributed by atoms with Crippen LogP contribution >= 0.6 is 0 Å². The largest absolute Gasteiger partial charge is 0.352 e. The van der Waals surface area contributed by atoms with Gasteiger partial charge in [-0.2, -0.15) is 5.10 Å². The Kier molecular flexibility index (Phi) is 4.01. The van der Waals surface area contributed by atoms with E-state index in [4.69, 9.17) is 0 Å². The van der Waals surface area contributed by atoms with Gasteiger partial charge in [-0.25, -0.2) is 0 Å². The summed E-state index contributed by atoms with van der Waals surface area (Å²) in [6.45, 7) is 5.34. The van der Waals surface area contributed by atoms with Crippen LogP contribution in [0, 0.1) is 12.8 Å². The molecule has 2 heterocycles. The van der Waals surface area contributed by atoms with E-state index in [2.05, 4.69) is 27.9 Å². The lowest BCUT2D eigenvalue weighted by Gasteiger charge is -2.27. The average molecular weight is 284 g/mol. The number of carbonyl (C=O) groups is 1. The highest BCUT2D eigenvalue weighted by atomic mass is 16.1. The Bertz CT molecular complexity index is 616. The summed E-state index contributed by atoms with van der Waals surface area (Å²) in [5, 5.41) is 10.5. The van der Waals surface area contributed by atoms with Crippen LogP contribution in [0.25, 0.3) is 0 Å². The van der Waals surface area contributed by atoms with Crippen molar-refractivity contribution >= 4 is 5.91 Å². The summed E-state index contributed by atoms with van der Waals surface area (Å²) >= 11 is 0. The minimum atomic E-state index is -0.0290. The minimum Gasteiger partial charge on any atom is -0.352 e. The molecule has 1 aliphatic heterocycles. The first kappa shape index (κ1) is 13.8. The first-order chi connectivity index (χ1) is 10.2. The molecule has 0 atom stereocenters. The van der Waals surface area contributed by atoms with Crippen LogP contribution in [0.15, 0.2) is 36.5 Å². The predicted molar refractivity (Wildman–Crippen MR) is 81.2 cm³/mol. The summed E-state index contributed by atoms with van der Waals surface area (Å²) in [6, 6.07) is 10.1. The number of hydrogen-bond acceptors (Lipinski definition) is 3. The van der Waals surface area contributed by atoms with Crippen molar-refractivity contribution in [1.29, 1.82) is 0 Å². The lowest BCUT2D eigenvalue weighted by atomic mass is 10.0. The van der Waals surface area contributed by atoms with Crippen molar-refractivity contribution in [2.75, 3.05) is 19.6 Å². The van der Waals surface area contributed by atoms with Crippen molar-refractivity contribution in [1.82, 2.24) is 20.4 Å². The molecular formula is C16H20N4O. The van der Waals surface area contributed by atoms with Gasteiger partial charge in [0.15, 0.2) is 0 Å². The number of nitrogens with zero attached hydrogens (tertiary/aromatic N) is 2. The molecule has 2 aromatic rings. The van der Waals surface area contributed by atoms with Gasteiger partial charge in [0.05, 0.1) is 18.3 Å². The highest BCUT2D eigenvalue weighted by Crippen LogP contribution is 2.10. The summed E-state index contributed by atoms with van der Waals surface area (Å²) in [5.74, 6) is 0.535. The van der Waals surface area contributed by atoms with E-state index in [1.165, 1.54) is 5.56 Å². The zero-order valence-corrected chi connectivity index (χ0v) is 12.2. The summed E-state index contributed by atoms with van der Waals surface area (Å²) in [4.78, 5) is 12.2. The third-order valence-electron chi connectivity index (χ3n) is 3.94. The molecule has 0 bridgehead atoms. The molecular weight excluding hydrogens is 264 g/mol. The second-order valence-electron chi connectivity index (χ2n) is 5.52. The topological polar surface area (TPSA) is 59.0 Å². The van der Waals surface area contributed by atoms with Crippen molar-refractivity contribution in [3.8, 4) is 0 Å². The Morgan fingerprint density at radius 1 is 1.38 bits per heavy atom. The second kappa shape index (κ2) is 6.10. The highest BCUT2D eigenvalue weighted by Gasteiger charge is 2.19. The van der Waals surface area contributed by atoms with Gasteiger partial charge in [0.2, 0.25) is 0 Å². The minimum absolute atomic E-state index is 0.0290. The van der Waals surface area contributed by atoms with Crippen LogP contribution in [0.5, 0.6) is 0 Å². The molecule has 1 aromatic carbocycles. The Balaban J connectivity index is 1.65. The van der Waals surface area contributed by atoms with E-state index in [0.29, 0.717) is 18.0 Å². The Morgan fingerprint density at radius 3 is 2.81 bits per heavy atom. The van der Waals surface area contributed by atoms with E-state index in [9.17, 15) is 4.79 Å². The van der Waals surface area contributed by atoms with E-state index in [-0.39, 0.29) is 5.91 Å². The van der Waals surface area contributed by atoms with Gasteiger partial charge < -0.3 is 10.6 Å². The number of rotatable bonds is 5. The van der Waals surface area contributed by atoms with Gasteiger partial charge in [0.25, 0.3) is 5.91 Å². The van der Waals surface area contributed by atoms with Gasteiger partial charge in [0.1, 0.15) is 0 Å². The van der Waals surface area contributed by atoms with E-state index in [1.807, 2.05) is 29.8 Å². The molecule has 1 fully saturated rings. The van der Waals surface area contributed by atoms with Crippen LogP contribution in [0.3, 0.4) is 0 Å². The van der Waals surface area contributed by atoms with Crippen LogP contribution in [0.4, 0.5) is 0 Å². The first-order valence-electron chi connectivity index (χ1n) is 7.29. The zero-order valence-electron chi connectivity index (χ0n) is 12.2. The van der Waals surface area contributed by atoms with E-state index in [1.54, 1.807) is 6.20 Å². The summed E-state index contributed by atoms with van der Waals surface area (Å²) < 4.78 is 1.87. The second-order valence-corrected chi connectivity index (χ2v) is 5.52. The molecule has 1 amide bonds. The van der Waals surface area contributed by atoms with Crippen molar-refractivity contribution in [3.05, 3.63) is 53.3 Å². The average Bonchev–Trinajstić information content (AvgIpc) is 2.80. The number of nitrogens with one attached hydrogen (secondary N) is 2. The molecule has 2 N–H and O–H groups in total. The maximum Gasteiger partial charge on any atom is 0.254 e. The van der Waals surface area contributed by atoms with Gasteiger partial charge in [-0.05, 0) is 12.5 Å². The molecule has 0 unspecified atom stereocenters. The first-order valence-corrected chi connectivity index (χ1v) is 7.29. The van der Waals surface area contributed by atoms with Crippen molar-refractivity contribution in [2.24, 2.45) is 5.92 Å². The summed E-state index contributed by atoms with van der Waals surface area (Å²) in [7, 11) is 0. The normalized spacial score (nSPS) is 14.7. The van der Waals surface area contributed by atoms with Crippen molar-refractivity contribution in [3.63, 3.8) is 0 Å². The Labute approximate surface area is 124 Å². The molecule has 1 saturated heterocycles. The summed E-state index contributed by atoms with van der Waals surface area (Å²) in [5.41, 5.74) is 2.75. The van der Waals surface area contributed by atoms with Crippen LogP contribution in [0.1, 0.15) is 21.6 Å². The monoisotopic (exact) mass is 284 g/mol. The molecule has 5 heteroatoms. The molecule has 0 saturated carbocycles. The maximum absolute atomic E-state index is 12.2. The third kappa shape index (κ3) is 3.13. The molecule has 110 valence electrons. The van der Waals surface area contributed by atoms with E-state index in [0.717, 1.165) is 25.3 Å². The number of benzene rings is 1. The predicted octanol–water partition coefficient (Wildman–Crippen LogP) is 1.19. The number of amides is 1. The molecule has 0 spiro atoms. The number of carbonyl (C=O) groups excluding carboxylic acids is 1. The summed E-state index contributed by atoms with van der Waals surface area (Å²) in [6.07, 6.45) is 1.66. The number of hydrogen-bond donors (Lipinski definition) is 2. The maximum atomic E-state index is 12.2. The van der Waals surface area contributed by atoms with Crippen LogP contribution in [-0.4, -0.2) is 35.3 Å². The Hall–Kier alpha value is -2.14. The molecule has 1 aliphatic rings. The fourth-order valence-electron chi connectivity index (χ4n) is 2.41. The fraction of sp³-hybridized carbons (Fsp3) is 0.375. The smallest absolute Gasteiger partial charge is 0.254 e. The number of aromatic nitrogens is 2. The standard InChI is InChI=1S/C16H20N4O/c1-12-15(16(21)18-9-14-7-17-8-14)10-19-20(12)11-13-5-3-2-4-6-13/h2-6,10,14,17H,7-9,11H2,1H3,(H,18,21). The van der Waals surface area contributed by atoms with Gasteiger partial charge in [-0.15, -0.1) is 0 Å². The highest BCUT2D eigenvalue weighted by molar-refractivity contribution is 5.95. The molecule has 5 nitrogen and oxygen atoms in total. The van der Waals surface area contributed by atoms with Crippen molar-refractivity contribution in [2.45, 2.75) is 13.5 Å². The van der Waals surface area contributed by atoms with Gasteiger partial charge in [-0.3, -0.25) is 9.48 Å². The lowest BCUT2D eigenvalue weighted by molar-refractivity contribution is 0.0941. The van der Waals surface area contributed by atoms with E-state index < -0.39 is 0 Å². The zero-order chi connectivity index (χ0) is 14.7. The molecule has 1 aromatic heterocycles. The van der Waals surface area contributed by atoms with E-state index >= 15 is 0 Å². The van der Waals surface area contributed by atoms with Crippen LogP contribution in [-0.2, 0) is 6.54 Å². The molecule has 21 heavy (non-hydrogen) atoms. The lowest BCUT2D eigenvalue weighted by Crippen LogP contribution is -2.48. The fourth-order valence-corrected chi connectivity index (χ4v) is 2.41. The quantitative estimate of drug-likeness (QED) is 0.867. The third-order valence-corrected chi connectivity index (χ3v) is 3.94. The van der Waals surface area contributed by atoms with Crippen molar-refractivity contribution < 1.29 is 4.79 Å².